The third-order valence-electron chi connectivity index (χ3n) is 3.13. The lowest BCUT2D eigenvalue weighted by atomic mass is 10.1. The predicted octanol–water partition coefficient (Wildman–Crippen LogP) is 6.20. The number of aromatic amines is 1. The zero-order chi connectivity index (χ0) is 17.9. The minimum atomic E-state index is 0.407. The summed E-state index contributed by atoms with van der Waals surface area (Å²) >= 11 is 1.72. The Morgan fingerprint density at radius 3 is 1.96 bits per heavy atom. The minimum absolute atomic E-state index is 0.407. The Morgan fingerprint density at radius 1 is 0.958 bits per heavy atom. The zero-order valence-electron chi connectivity index (χ0n) is 15.5. The van der Waals surface area contributed by atoms with E-state index in [4.69, 9.17) is 4.42 Å². The van der Waals surface area contributed by atoms with Crippen molar-refractivity contribution in [1.82, 2.24) is 15.0 Å². The van der Waals surface area contributed by atoms with Gasteiger partial charge in [-0.2, -0.15) is 0 Å². The molecule has 3 aromatic rings. The predicted molar refractivity (Wildman–Crippen MR) is 102 cm³/mol. The molecule has 24 heavy (non-hydrogen) atoms. The third kappa shape index (κ3) is 7.59. The Balaban J connectivity index is 0.000000180. The zero-order valence-corrected chi connectivity index (χ0v) is 16.3. The molecule has 0 saturated heterocycles. The van der Waals surface area contributed by atoms with Crippen LogP contribution in [0.2, 0.25) is 0 Å². The Hall–Kier alpha value is -1.88. The van der Waals surface area contributed by atoms with E-state index in [9.17, 15) is 0 Å². The first kappa shape index (κ1) is 20.2. The highest BCUT2D eigenvalue weighted by atomic mass is 32.1. The average molecular weight is 348 g/mol. The van der Waals surface area contributed by atoms with Crippen LogP contribution in [-0.2, 0) is 0 Å². The molecule has 3 aromatic heterocycles. The van der Waals surface area contributed by atoms with E-state index in [1.165, 1.54) is 10.7 Å². The lowest BCUT2D eigenvalue weighted by Gasteiger charge is -1.97. The van der Waals surface area contributed by atoms with Gasteiger partial charge in [0.05, 0.1) is 11.2 Å². The molecule has 1 N–H and O–H groups in total. The van der Waals surface area contributed by atoms with E-state index in [0.29, 0.717) is 17.8 Å². The third-order valence-corrected chi connectivity index (χ3v) is 4.21. The lowest BCUT2D eigenvalue weighted by Crippen LogP contribution is -1.83. The van der Waals surface area contributed by atoms with Crippen LogP contribution in [0.1, 0.15) is 75.9 Å². The van der Waals surface area contributed by atoms with Crippen molar-refractivity contribution < 1.29 is 4.42 Å². The normalized spacial score (nSPS) is 10.4. The molecule has 5 heteroatoms. The van der Waals surface area contributed by atoms with Crippen LogP contribution in [0.25, 0.3) is 0 Å². The van der Waals surface area contributed by atoms with Gasteiger partial charge in [0.15, 0.2) is 5.89 Å². The first-order valence-corrected chi connectivity index (χ1v) is 9.21. The second-order valence-corrected chi connectivity index (χ2v) is 7.26. The summed E-state index contributed by atoms with van der Waals surface area (Å²) in [4.78, 5) is 11.2. The number of aromatic nitrogens is 3. The Bertz CT molecular complexity index is 521. The molecular weight excluding hydrogens is 318 g/mol. The van der Waals surface area contributed by atoms with Gasteiger partial charge in [-0.3, -0.25) is 0 Å². The maximum Gasteiger partial charge on any atom is 0.196 e. The largest absolute Gasteiger partial charge is 0.449 e. The Kier molecular flexibility index (Phi) is 9.08. The van der Waals surface area contributed by atoms with Crippen molar-refractivity contribution in [3.05, 3.63) is 59.0 Å². The van der Waals surface area contributed by atoms with Gasteiger partial charge in [-0.05, 0) is 18.1 Å². The van der Waals surface area contributed by atoms with Crippen LogP contribution in [0.3, 0.4) is 0 Å². The fourth-order valence-electron chi connectivity index (χ4n) is 1.74. The standard InChI is InChI=1S/C7H11N.C6H9NO.C6H9NS/c1-6(2)7-4-3-5-8-7;2*1-5(2)6-7-3-4-8-6/h3-6,8H,1-2H3;2*3-5H,1-2H3. The van der Waals surface area contributed by atoms with E-state index in [1.807, 2.05) is 37.7 Å². The minimum Gasteiger partial charge on any atom is -0.449 e. The molecule has 0 radical (unpaired) electrons. The SMILES string of the molecule is CC(C)c1ccc[nH]1.CC(C)c1ncco1.CC(C)c1nccs1. The number of hydrogen-bond acceptors (Lipinski definition) is 4. The fourth-order valence-corrected chi connectivity index (χ4v) is 2.40. The molecule has 0 spiro atoms. The lowest BCUT2D eigenvalue weighted by molar-refractivity contribution is 0.471. The molecule has 0 unspecified atom stereocenters. The summed E-state index contributed by atoms with van der Waals surface area (Å²) < 4.78 is 4.98. The number of oxazole rings is 1. The van der Waals surface area contributed by atoms with Crippen molar-refractivity contribution in [2.45, 2.75) is 59.3 Å². The number of nitrogens with one attached hydrogen (secondary N) is 1. The van der Waals surface area contributed by atoms with Gasteiger partial charge in [-0.15, -0.1) is 11.3 Å². The summed E-state index contributed by atoms with van der Waals surface area (Å²) in [5.74, 6) is 2.44. The first-order valence-electron chi connectivity index (χ1n) is 8.33. The van der Waals surface area contributed by atoms with Crippen molar-refractivity contribution in [3.63, 3.8) is 0 Å². The molecule has 0 aromatic carbocycles. The highest BCUT2D eigenvalue weighted by molar-refractivity contribution is 7.09. The number of nitrogens with zero attached hydrogens (tertiary/aromatic N) is 2. The van der Waals surface area contributed by atoms with Crippen molar-refractivity contribution in [3.8, 4) is 0 Å². The molecule has 0 aliphatic heterocycles. The van der Waals surface area contributed by atoms with Gasteiger partial charge in [0.25, 0.3) is 0 Å². The molecule has 3 rings (SSSR count). The van der Waals surface area contributed by atoms with Gasteiger partial charge >= 0.3 is 0 Å². The van der Waals surface area contributed by atoms with Crippen molar-refractivity contribution >= 4 is 11.3 Å². The molecule has 0 atom stereocenters. The molecule has 3 heterocycles. The van der Waals surface area contributed by atoms with Crippen LogP contribution in [0.15, 0.2) is 46.8 Å². The quantitative estimate of drug-likeness (QED) is 0.613. The second kappa shape index (κ2) is 10.8. The van der Waals surface area contributed by atoms with Gasteiger partial charge < -0.3 is 9.40 Å². The van der Waals surface area contributed by atoms with Crippen LogP contribution in [0.5, 0.6) is 0 Å². The molecular formula is C19H29N3OS. The molecule has 0 aliphatic rings. The van der Waals surface area contributed by atoms with Crippen molar-refractivity contribution in [2.75, 3.05) is 0 Å². The van der Waals surface area contributed by atoms with E-state index >= 15 is 0 Å². The number of H-pyrrole nitrogens is 1. The van der Waals surface area contributed by atoms with Gasteiger partial charge in [0, 0.05) is 35.3 Å². The fraction of sp³-hybridized carbons (Fsp3) is 0.474. The van der Waals surface area contributed by atoms with Gasteiger partial charge in [0.2, 0.25) is 0 Å². The molecule has 0 amide bonds. The topological polar surface area (TPSA) is 54.7 Å². The van der Waals surface area contributed by atoms with Crippen LogP contribution < -0.4 is 0 Å². The first-order chi connectivity index (χ1) is 11.4. The van der Waals surface area contributed by atoms with E-state index < -0.39 is 0 Å². The molecule has 0 saturated carbocycles. The summed E-state index contributed by atoms with van der Waals surface area (Å²) in [5.41, 5.74) is 1.31. The van der Waals surface area contributed by atoms with E-state index in [0.717, 1.165) is 5.89 Å². The summed E-state index contributed by atoms with van der Waals surface area (Å²) in [7, 11) is 0. The van der Waals surface area contributed by atoms with E-state index in [1.54, 1.807) is 23.8 Å². The van der Waals surface area contributed by atoms with Crippen LogP contribution in [0, 0.1) is 0 Å². The average Bonchev–Trinajstić information content (AvgIpc) is 3.29. The van der Waals surface area contributed by atoms with Gasteiger partial charge in [-0.25, -0.2) is 9.97 Å². The number of thiazole rings is 1. The Labute approximate surface area is 149 Å². The monoisotopic (exact) mass is 347 g/mol. The number of hydrogen-bond donors (Lipinski definition) is 1. The highest BCUT2D eigenvalue weighted by Crippen LogP contribution is 2.15. The number of rotatable bonds is 3. The molecule has 132 valence electrons. The summed E-state index contributed by atoms with van der Waals surface area (Å²) in [6.45, 7) is 12.7. The van der Waals surface area contributed by atoms with E-state index in [2.05, 4.69) is 48.7 Å². The van der Waals surface area contributed by atoms with Gasteiger partial charge in [0.1, 0.15) is 6.26 Å². The van der Waals surface area contributed by atoms with E-state index in [-0.39, 0.29) is 0 Å². The van der Waals surface area contributed by atoms with Gasteiger partial charge in [-0.1, -0.05) is 41.5 Å². The van der Waals surface area contributed by atoms with Crippen LogP contribution >= 0.6 is 11.3 Å². The molecule has 0 aliphatic carbocycles. The maximum absolute atomic E-state index is 4.98. The molecule has 0 bridgehead atoms. The maximum atomic E-state index is 4.98. The summed E-state index contributed by atoms with van der Waals surface area (Å²) in [5, 5.41) is 3.24. The summed E-state index contributed by atoms with van der Waals surface area (Å²) in [6.07, 6.45) is 7.06. The molecule has 4 nitrogen and oxygen atoms in total. The second-order valence-electron chi connectivity index (χ2n) is 6.33. The Morgan fingerprint density at radius 2 is 1.71 bits per heavy atom. The van der Waals surface area contributed by atoms with Crippen molar-refractivity contribution in [1.29, 1.82) is 0 Å². The van der Waals surface area contributed by atoms with Crippen molar-refractivity contribution in [2.24, 2.45) is 0 Å². The van der Waals surface area contributed by atoms with Crippen LogP contribution in [0.4, 0.5) is 0 Å². The molecule has 0 fully saturated rings. The smallest absolute Gasteiger partial charge is 0.196 e. The highest BCUT2D eigenvalue weighted by Gasteiger charge is 2.00. The van der Waals surface area contributed by atoms with Crippen LogP contribution in [-0.4, -0.2) is 15.0 Å². The summed E-state index contributed by atoms with van der Waals surface area (Å²) in [6, 6.07) is 4.12.